The van der Waals surface area contributed by atoms with Gasteiger partial charge in [0.2, 0.25) is 5.91 Å². The van der Waals surface area contributed by atoms with Gasteiger partial charge in [-0.3, -0.25) is 9.59 Å². The van der Waals surface area contributed by atoms with Crippen LogP contribution in [0.4, 0.5) is 13.2 Å². The van der Waals surface area contributed by atoms with Gasteiger partial charge in [-0.15, -0.1) is 5.10 Å². The van der Waals surface area contributed by atoms with E-state index in [2.05, 4.69) is 20.4 Å². The SMILES string of the molecule is Cc1nc2nc(C(F)(F)F)nn2c(C)c1CCC(=O)NC(CC(=O)OC(C)C)c1ccccc1. The van der Waals surface area contributed by atoms with Crippen molar-refractivity contribution in [3.05, 3.63) is 58.7 Å². The predicted molar refractivity (Wildman–Crippen MR) is 117 cm³/mol. The molecule has 0 bridgehead atoms. The second kappa shape index (κ2) is 10.2. The van der Waals surface area contributed by atoms with Gasteiger partial charge in [0, 0.05) is 17.8 Å². The quantitative estimate of drug-likeness (QED) is 0.495. The number of nitrogens with one attached hydrogen (secondary N) is 1. The molecule has 0 saturated heterocycles. The fraction of sp³-hybridized carbons (Fsp3) is 0.435. The molecule has 8 nitrogen and oxygen atoms in total. The number of hydrogen-bond acceptors (Lipinski definition) is 6. The number of esters is 1. The van der Waals surface area contributed by atoms with Crippen molar-refractivity contribution in [1.29, 1.82) is 0 Å². The number of aryl methyl sites for hydroxylation is 2. The molecule has 11 heteroatoms. The van der Waals surface area contributed by atoms with Crippen LogP contribution in [0.15, 0.2) is 30.3 Å². The van der Waals surface area contributed by atoms with Crippen LogP contribution in [0.3, 0.4) is 0 Å². The van der Waals surface area contributed by atoms with E-state index in [0.717, 1.165) is 10.1 Å². The van der Waals surface area contributed by atoms with Crippen LogP contribution in [0.2, 0.25) is 0 Å². The van der Waals surface area contributed by atoms with Gasteiger partial charge in [0.15, 0.2) is 0 Å². The van der Waals surface area contributed by atoms with Crippen LogP contribution in [-0.2, 0) is 26.9 Å². The van der Waals surface area contributed by atoms with Crippen LogP contribution in [-0.4, -0.2) is 37.6 Å². The first-order valence-electron chi connectivity index (χ1n) is 10.8. The van der Waals surface area contributed by atoms with Crippen LogP contribution < -0.4 is 5.32 Å². The first-order chi connectivity index (χ1) is 16.0. The molecule has 1 amide bonds. The zero-order chi connectivity index (χ0) is 25.0. The zero-order valence-corrected chi connectivity index (χ0v) is 19.3. The molecule has 0 spiro atoms. The summed E-state index contributed by atoms with van der Waals surface area (Å²) in [5.41, 5.74) is 2.27. The number of amides is 1. The number of fused-ring (bicyclic) bond motifs is 1. The topological polar surface area (TPSA) is 98.5 Å². The van der Waals surface area contributed by atoms with Gasteiger partial charge < -0.3 is 10.1 Å². The van der Waals surface area contributed by atoms with E-state index in [1.807, 2.05) is 30.3 Å². The fourth-order valence-electron chi connectivity index (χ4n) is 3.61. The van der Waals surface area contributed by atoms with Crippen molar-refractivity contribution in [3.8, 4) is 0 Å². The Morgan fingerprint density at radius 2 is 1.79 bits per heavy atom. The molecule has 3 rings (SSSR count). The summed E-state index contributed by atoms with van der Waals surface area (Å²) >= 11 is 0. The van der Waals surface area contributed by atoms with Crippen LogP contribution in [0, 0.1) is 13.8 Å². The molecule has 0 aliphatic heterocycles. The van der Waals surface area contributed by atoms with Gasteiger partial charge in [-0.05, 0) is 45.2 Å². The molecule has 2 heterocycles. The summed E-state index contributed by atoms with van der Waals surface area (Å²) in [5, 5.41) is 6.39. The number of ether oxygens (including phenoxy) is 1. The third-order valence-electron chi connectivity index (χ3n) is 5.18. The fourth-order valence-corrected chi connectivity index (χ4v) is 3.61. The molecule has 0 radical (unpaired) electrons. The van der Waals surface area contributed by atoms with E-state index in [0.29, 0.717) is 17.0 Å². The van der Waals surface area contributed by atoms with Crippen molar-refractivity contribution in [3.63, 3.8) is 0 Å². The molecule has 1 unspecified atom stereocenters. The van der Waals surface area contributed by atoms with Gasteiger partial charge in [-0.25, -0.2) is 9.50 Å². The lowest BCUT2D eigenvalue weighted by molar-refractivity contribution is -0.148. The Morgan fingerprint density at radius 3 is 2.41 bits per heavy atom. The lowest BCUT2D eigenvalue weighted by Gasteiger charge is -2.20. The van der Waals surface area contributed by atoms with Gasteiger partial charge in [0.25, 0.3) is 11.6 Å². The molecule has 182 valence electrons. The van der Waals surface area contributed by atoms with Crippen LogP contribution in [0.25, 0.3) is 5.78 Å². The standard InChI is InChI=1S/C23H26F3N5O3/c1-13(2)34-20(33)12-18(16-8-6-5-7-9-16)28-19(32)11-10-17-14(3)27-22-29-21(23(24,25)26)30-31(22)15(17)4/h5-9,13,18H,10-12H2,1-4H3,(H,28,32). The van der Waals surface area contributed by atoms with Gasteiger partial charge in [-0.2, -0.15) is 18.2 Å². The number of rotatable bonds is 8. The average molecular weight is 477 g/mol. The Kier molecular flexibility index (Phi) is 7.53. The van der Waals surface area contributed by atoms with Crippen molar-refractivity contribution < 1.29 is 27.5 Å². The highest BCUT2D eigenvalue weighted by molar-refractivity contribution is 5.78. The summed E-state index contributed by atoms with van der Waals surface area (Å²) in [6.07, 6.45) is -4.72. The van der Waals surface area contributed by atoms with Crippen LogP contribution >= 0.6 is 0 Å². The Morgan fingerprint density at radius 1 is 1.12 bits per heavy atom. The second-order valence-electron chi connectivity index (χ2n) is 8.18. The van der Waals surface area contributed by atoms with Gasteiger partial charge in [0.1, 0.15) is 0 Å². The summed E-state index contributed by atoms with van der Waals surface area (Å²) in [7, 11) is 0. The van der Waals surface area contributed by atoms with E-state index in [4.69, 9.17) is 4.74 Å². The highest BCUT2D eigenvalue weighted by Gasteiger charge is 2.37. The Labute approximate surface area is 194 Å². The maximum atomic E-state index is 13.0. The van der Waals surface area contributed by atoms with E-state index in [1.165, 1.54) is 0 Å². The molecule has 2 aromatic heterocycles. The monoisotopic (exact) mass is 477 g/mol. The molecule has 0 aliphatic carbocycles. The molecule has 3 aromatic rings. The number of hydrogen-bond donors (Lipinski definition) is 1. The summed E-state index contributed by atoms with van der Waals surface area (Å²) in [5.74, 6) is -2.17. The van der Waals surface area contributed by atoms with Crippen molar-refractivity contribution in [2.45, 2.75) is 65.3 Å². The lowest BCUT2D eigenvalue weighted by Crippen LogP contribution is -2.31. The Balaban J connectivity index is 1.75. The minimum Gasteiger partial charge on any atom is -0.463 e. The smallest absolute Gasteiger partial charge is 0.453 e. The summed E-state index contributed by atoms with van der Waals surface area (Å²) in [4.78, 5) is 32.5. The van der Waals surface area contributed by atoms with Crippen molar-refractivity contribution in [2.75, 3.05) is 0 Å². The third-order valence-corrected chi connectivity index (χ3v) is 5.18. The summed E-state index contributed by atoms with van der Waals surface area (Å²) in [6.45, 7) is 6.75. The van der Waals surface area contributed by atoms with E-state index < -0.39 is 24.0 Å². The van der Waals surface area contributed by atoms with Crippen molar-refractivity contribution in [2.24, 2.45) is 0 Å². The summed E-state index contributed by atoms with van der Waals surface area (Å²) in [6, 6.07) is 8.49. The third kappa shape index (κ3) is 6.09. The molecular weight excluding hydrogens is 451 g/mol. The average Bonchev–Trinajstić information content (AvgIpc) is 3.18. The normalized spacial score (nSPS) is 12.7. The number of benzene rings is 1. The van der Waals surface area contributed by atoms with Gasteiger partial charge in [-0.1, -0.05) is 30.3 Å². The number of alkyl halides is 3. The van der Waals surface area contributed by atoms with Crippen LogP contribution in [0.1, 0.15) is 61.1 Å². The number of halogens is 3. The number of nitrogens with zero attached hydrogens (tertiary/aromatic N) is 4. The number of aromatic nitrogens is 4. The highest BCUT2D eigenvalue weighted by atomic mass is 19.4. The van der Waals surface area contributed by atoms with Crippen LogP contribution in [0.5, 0.6) is 0 Å². The molecule has 0 saturated carbocycles. The van der Waals surface area contributed by atoms with Crippen molar-refractivity contribution >= 4 is 17.7 Å². The minimum atomic E-state index is -4.68. The summed E-state index contributed by atoms with van der Waals surface area (Å²) < 4.78 is 45.2. The van der Waals surface area contributed by atoms with Gasteiger partial charge in [0.05, 0.1) is 18.6 Å². The van der Waals surface area contributed by atoms with E-state index in [1.54, 1.807) is 27.7 Å². The highest BCUT2D eigenvalue weighted by Crippen LogP contribution is 2.27. The Hall–Kier alpha value is -3.50. The van der Waals surface area contributed by atoms with Crippen molar-refractivity contribution in [1.82, 2.24) is 24.9 Å². The number of carbonyl (C=O) groups is 2. The number of carbonyl (C=O) groups excluding carboxylic acids is 2. The zero-order valence-electron chi connectivity index (χ0n) is 19.3. The first kappa shape index (κ1) is 25.1. The molecule has 1 aromatic carbocycles. The van der Waals surface area contributed by atoms with E-state index in [9.17, 15) is 22.8 Å². The molecule has 34 heavy (non-hydrogen) atoms. The molecule has 0 fully saturated rings. The second-order valence-corrected chi connectivity index (χ2v) is 8.18. The first-order valence-corrected chi connectivity index (χ1v) is 10.8. The van der Waals surface area contributed by atoms with E-state index >= 15 is 0 Å². The molecule has 0 aliphatic rings. The molecule has 1 N–H and O–H groups in total. The maximum absolute atomic E-state index is 13.0. The molecular formula is C23H26F3N5O3. The lowest BCUT2D eigenvalue weighted by atomic mass is 10.0. The molecule has 1 atom stereocenters. The van der Waals surface area contributed by atoms with E-state index in [-0.39, 0.29) is 37.1 Å². The maximum Gasteiger partial charge on any atom is 0.453 e. The largest absolute Gasteiger partial charge is 0.463 e. The van der Waals surface area contributed by atoms with Gasteiger partial charge >= 0.3 is 12.1 Å². The Bertz CT molecular complexity index is 1180. The minimum absolute atomic E-state index is 0.0291. The predicted octanol–water partition coefficient (Wildman–Crippen LogP) is 3.89.